The maximum Gasteiger partial charge on any atom is 0.179 e. The van der Waals surface area contributed by atoms with Crippen LogP contribution in [0.1, 0.15) is 22.5 Å². The van der Waals surface area contributed by atoms with Gasteiger partial charge in [0.15, 0.2) is 5.78 Å². The Kier molecular flexibility index (Phi) is 2.12. The third-order valence-corrected chi connectivity index (χ3v) is 3.89. The number of aromatic nitrogens is 1. The van der Waals surface area contributed by atoms with Gasteiger partial charge in [-0.05, 0) is 35.2 Å². The molecule has 1 aliphatic carbocycles. The molecule has 0 atom stereocenters. The average molecular weight is 247 g/mol. The third-order valence-electron chi connectivity index (χ3n) is 3.89. The van der Waals surface area contributed by atoms with E-state index in [-0.39, 0.29) is 5.78 Å². The number of carbonyl (C=O) groups excluding carboxylic acids is 1. The highest BCUT2D eigenvalue weighted by atomic mass is 16.1. The Morgan fingerprint density at radius 3 is 2.58 bits per heavy atom. The monoisotopic (exact) mass is 247 g/mol. The third kappa shape index (κ3) is 1.53. The summed E-state index contributed by atoms with van der Waals surface area (Å²) in [7, 11) is 0. The summed E-state index contributed by atoms with van der Waals surface area (Å²) in [5.41, 5.74) is 5.49. The second-order valence-electron chi connectivity index (χ2n) is 5.03. The molecule has 0 amide bonds. The zero-order chi connectivity index (χ0) is 12.8. The van der Waals surface area contributed by atoms with Gasteiger partial charge in [0.05, 0.1) is 5.69 Å². The number of aryl methyl sites for hydroxylation is 1. The Morgan fingerprint density at radius 2 is 1.74 bits per heavy atom. The number of carbonyl (C=O) groups is 1. The Balaban J connectivity index is 1.95. The van der Waals surface area contributed by atoms with Gasteiger partial charge in [0.2, 0.25) is 0 Å². The fraction of sp³-hybridized carbons (Fsp3) is 0.118. The van der Waals surface area contributed by atoms with E-state index in [9.17, 15) is 4.79 Å². The highest BCUT2D eigenvalue weighted by molar-refractivity contribution is 6.06. The Morgan fingerprint density at radius 1 is 0.895 bits per heavy atom. The normalized spacial score (nSPS) is 14.0. The number of fused-ring (bicyclic) bond motifs is 3. The first kappa shape index (κ1) is 10.6. The van der Waals surface area contributed by atoms with E-state index in [4.69, 9.17) is 0 Å². The van der Waals surface area contributed by atoms with E-state index in [2.05, 4.69) is 35.3 Å². The number of nitrogens with one attached hydrogen (secondary N) is 1. The summed E-state index contributed by atoms with van der Waals surface area (Å²) in [5.74, 6) is 0.243. The Bertz CT molecular complexity index is 784. The largest absolute Gasteiger partial charge is 0.352 e. The molecule has 0 saturated heterocycles. The Labute approximate surface area is 111 Å². The first-order valence-electron chi connectivity index (χ1n) is 6.56. The first-order chi connectivity index (χ1) is 9.33. The molecule has 1 N–H and O–H groups in total. The van der Waals surface area contributed by atoms with Crippen LogP contribution in [-0.4, -0.2) is 10.8 Å². The molecule has 4 rings (SSSR count). The zero-order valence-electron chi connectivity index (χ0n) is 10.4. The molecular weight excluding hydrogens is 234 g/mol. The molecule has 1 aliphatic rings. The molecule has 3 aromatic rings. The van der Waals surface area contributed by atoms with Gasteiger partial charge in [-0.25, -0.2) is 0 Å². The fourth-order valence-corrected chi connectivity index (χ4v) is 2.92. The number of aromatic amines is 1. The number of hydrogen-bond acceptors (Lipinski definition) is 1. The summed E-state index contributed by atoms with van der Waals surface area (Å²) in [6, 6.07) is 16.7. The maximum atomic E-state index is 11.8. The summed E-state index contributed by atoms with van der Waals surface area (Å²) in [6.45, 7) is 0. The average Bonchev–Trinajstić information content (AvgIpc) is 3.00. The van der Waals surface area contributed by atoms with E-state index in [1.54, 1.807) is 0 Å². The van der Waals surface area contributed by atoms with Gasteiger partial charge >= 0.3 is 0 Å². The van der Waals surface area contributed by atoms with Crippen LogP contribution in [0.25, 0.3) is 22.0 Å². The number of benzene rings is 2. The van der Waals surface area contributed by atoms with Crippen molar-refractivity contribution in [3.63, 3.8) is 0 Å². The lowest BCUT2D eigenvalue weighted by Gasteiger charge is -2.02. The van der Waals surface area contributed by atoms with Crippen LogP contribution >= 0.6 is 0 Å². The van der Waals surface area contributed by atoms with Crippen LogP contribution in [0.5, 0.6) is 0 Å². The van der Waals surface area contributed by atoms with Gasteiger partial charge in [-0.2, -0.15) is 0 Å². The van der Waals surface area contributed by atoms with Crippen molar-refractivity contribution in [3.05, 3.63) is 59.8 Å². The van der Waals surface area contributed by atoms with Gasteiger partial charge in [-0.15, -0.1) is 0 Å². The molecule has 2 heteroatoms. The topological polar surface area (TPSA) is 32.9 Å². The number of H-pyrrole nitrogens is 1. The lowest BCUT2D eigenvalue weighted by molar-refractivity contribution is 0.0991. The number of Topliss-reactive ketones (excluding diaryl/α,β-unsaturated/α-hetero) is 1. The van der Waals surface area contributed by atoms with Gasteiger partial charge in [0.25, 0.3) is 0 Å². The second-order valence-corrected chi connectivity index (χ2v) is 5.03. The molecule has 0 unspecified atom stereocenters. The smallest absolute Gasteiger partial charge is 0.179 e. The molecule has 92 valence electrons. The van der Waals surface area contributed by atoms with E-state index in [0.717, 1.165) is 17.6 Å². The molecule has 1 aromatic heterocycles. The summed E-state index contributed by atoms with van der Waals surface area (Å²) in [6.07, 6.45) is 1.51. The van der Waals surface area contributed by atoms with Crippen LogP contribution in [0, 0.1) is 0 Å². The number of hydrogen-bond donors (Lipinski definition) is 1. The molecule has 0 fully saturated rings. The van der Waals surface area contributed by atoms with Gasteiger partial charge in [-0.1, -0.05) is 36.4 Å². The van der Waals surface area contributed by atoms with Crippen LogP contribution < -0.4 is 0 Å². The van der Waals surface area contributed by atoms with Gasteiger partial charge in [-0.3, -0.25) is 4.79 Å². The van der Waals surface area contributed by atoms with E-state index in [0.29, 0.717) is 6.42 Å². The summed E-state index contributed by atoms with van der Waals surface area (Å²) in [4.78, 5) is 15.0. The molecular formula is C17H13NO. The minimum atomic E-state index is 0.243. The lowest BCUT2D eigenvalue weighted by atomic mass is 10.0. The maximum absolute atomic E-state index is 11.8. The highest BCUT2D eigenvalue weighted by Crippen LogP contribution is 2.32. The van der Waals surface area contributed by atoms with Crippen molar-refractivity contribution in [1.82, 2.24) is 4.98 Å². The minimum absolute atomic E-state index is 0.243. The van der Waals surface area contributed by atoms with Crippen LogP contribution in [0.4, 0.5) is 0 Å². The minimum Gasteiger partial charge on any atom is -0.352 e. The SMILES string of the molecule is O=C1CCc2c1[nH]c1ccc(-c3ccccc3)cc21. The molecule has 0 aliphatic heterocycles. The van der Waals surface area contributed by atoms with E-state index < -0.39 is 0 Å². The van der Waals surface area contributed by atoms with Crippen molar-refractivity contribution in [2.24, 2.45) is 0 Å². The molecule has 19 heavy (non-hydrogen) atoms. The van der Waals surface area contributed by atoms with Crippen LogP contribution in [0.15, 0.2) is 48.5 Å². The van der Waals surface area contributed by atoms with Crippen molar-refractivity contribution in [1.29, 1.82) is 0 Å². The summed E-state index contributed by atoms with van der Waals surface area (Å²) >= 11 is 0. The number of rotatable bonds is 1. The van der Waals surface area contributed by atoms with Crippen LogP contribution in [0.3, 0.4) is 0 Å². The van der Waals surface area contributed by atoms with E-state index in [1.165, 1.54) is 22.1 Å². The molecule has 1 heterocycles. The van der Waals surface area contributed by atoms with E-state index in [1.807, 2.05) is 18.2 Å². The second kappa shape index (κ2) is 3.82. The lowest BCUT2D eigenvalue weighted by Crippen LogP contribution is -1.90. The van der Waals surface area contributed by atoms with Crippen molar-refractivity contribution in [2.45, 2.75) is 12.8 Å². The van der Waals surface area contributed by atoms with Gasteiger partial charge in [0.1, 0.15) is 0 Å². The van der Waals surface area contributed by atoms with Crippen molar-refractivity contribution >= 4 is 16.7 Å². The van der Waals surface area contributed by atoms with E-state index >= 15 is 0 Å². The van der Waals surface area contributed by atoms with Gasteiger partial charge < -0.3 is 4.98 Å². The van der Waals surface area contributed by atoms with Crippen molar-refractivity contribution in [2.75, 3.05) is 0 Å². The highest BCUT2D eigenvalue weighted by Gasteiger charge is 2.24. The standard InChI is InChI=1S/C17H13NO/c19-16-9-7-13-14-10-12(11-4-2-1-3-5-11)6-8-15(14)18-17(13)16/h1-6,8,10,18H,7,9H2. The molecule has 2 nitrogen and oxygen atoms in total. The fourth-order valence-electron chi connectivity index (χ4n) is 2.92. The van der Waals surface area contributed by atoms with Crippen molar-refractivity contribution < 1.29 is 4.79 Å². The summed E-state index contributed by atoms with van der Waals surface area (Å²) in [5, 5.41) is 1.20. The zero-order valence-corrected chi connectivity index (χ0v) is 10.4. The quantitative estimate of drug-likeness (QED) is 0.693. The van der Waals surface area contributed by atoms with Gasteiger partial charge in [0, 0.05) is 17.3 Å². The number of ketones is 1. The predicted octanol–water partition coefficient (Wildman–Crippen LogP) is 3.96. The molecule has 0 bridgehead atoms. The summed E-state index contributed by atoms with van der Waals surface area (Å²) < 4.78 is 0. The molecule has 0 saturated carbocycles. The molecule has 0 spiro atoms. The van der Waals surface area contributed by atoms with Crippen LogP contribution in [-0.2, 0) is 6.42 Å². The molecule has 2 aromatic carbocycles. The first-order valence-corrected chi connectivity index (χ1v) is 6.56. The van der Waals surface area contributed by atoms with Crippen LogP contribution in [0.2, 0.25) is 0 Å². The molecule has 0 radical (unpaired) electrons. The predicted molar refractivity (Wildman–Crippen MR) is 76.4 cm³/mol. The van der Waals surface area contributed by atoms with Crippen molar-refractivity contribution in [3.8, 4) is 11.1 Å². The Hall–Kier alpha value is -2.35.